The summed E-state index contributed by atoms with van der Waals surface area (Å²) < 4.78 is 14.5. The van der Waals surface area contributed by atoms with Gasteiger partial charge in [-0.3, -0.25) is 24.3 Å². The number of aromatic nitrogens is 2. The lowest BCUT2D eigenvalue weighted by molar-refractivity contribution is -0.384. The minimum atomic E-state index is -0.972. The van der Waals surface area contributed by atoms with Crippen molar-refractivity contribution < 1.29 is 14.1 Å². The van der Waals surface area contributed by atoms with E-state index in [2.05, 4.69) is 10.3 Å². The van der Waals surface area contributed by atoms with Crippen LogP contribution < -0.4 is 16.6 Å². The molecular weight excluding hydrogens is 397 g/mol. The van der Waals surface area contributed by atoms with E-state index < -0.39 is 40.0 Å². The molecule has 1 aromatic heterocycles. The number of aromatic amines is 1. The van der Waals surface area contributed by atoms with Crippen LogP contribution >= 0.6 is 0 Å². The Morgan fingerprint density at radius 3 is 2.67 bits per heavy atom. The Kier molecular flexibility index (Phi) is 5.50. The van der Waals surface area contributed by atoms with Crippen LogP contribution in [0.2, 0.25) is 0 Å². The summed E-state index contributed by atoms with van der Waals surface area (Å²) in [6.45, 7) is -0.400. The zero-order valence-electron chi connectivity index (χ0n) is 15.1. The fourth-order valence-corrected chi connectivity index (χ4v) is 2.65. The molecule has 1 heterocycles. The number of carbonyl (C=O) groups is 1. The zero-order chi connectivity index (χ0) is 21.8. The van der Waals surface area contributed by atoms with Gasteiger partial charge in [-0.1, -0.05) is 18.2 Å². The largest absolute Gasteiger partial charge is 0.328 e. The Balaban J connectivity index is 1.96. The van der Waals surface area contributed by atoms with Crippen molar-refractivity contribution >= 4 is 17.3 Å². The fourth-order valence-electron chi connectivity index (χ4n) is 2.65. The third-order valence-electron chi connectivity index (χ3n) is 4.17. The van der Waals surface area contributed by atoms with E-state index in [1.807, 2.05) is 0 Å². The number of hydrogen-bond acceptors (Lipinski definition) is 6. The molecule has 0 spiro atoms. The highest BCUT2D eigenvalue weighted by Crippen LogP contribution is 2.21. The van der Waals surface area contributed by atoms with Crippen LogP contribution in [0.25, 0.3) is 0 Å². The maximum absolute atomic E-state index is 13.9. The fraction of sp³-hybridized carbons (Fsp3) is 0.0526. The Morgan fingerprint density at radius 1 is 1.27 bits per heavy atom. The molecule has 150 valence electrons. The van der Waals surface area contributed by atoms with Crippen LogP contribution in [0.3, 0.4) is 0 Å². The number of anilines is 1. The highest BCUT2D eigenvalue weighted by Gasteiger charge is 2.18. The van der Waals surface area contributed by atoms with Crippen LogP contribution in [0, 0.1) is 27.3 Å². The van der Waals surface area contributed by atoms with Crippen molar-refractivity contribution in [2.24, 2.45) is 0 Å². The number of non-ortho nitro benzene ring substituents is 1. The van der Waals surface area contributed by atoms with Crippen LogP contribution in [0.1, 0.15) is 21.5 Å². The summed E-state index contributed by atoms with van der Waals surface area (Å²) in [5.74, 6) is -1.58. The Labute approximate surface area is 167 Å². The molecule has 3 aromatic rings. The SMILES string of the molecule is N#Cc1cc([N+](=O)[O-])ccc1NC(=O)c1c[nH]c(=O)n(Cc2ccccc2F)c1=O. The van der Waals surface area contributed by atoms with E-state index in [0.29, 0.717) is 4.57 Å². The van der Waals surface area contributed by atoms with Gasteiger partial charge in [0.05, 0.1) is 22.7 Å². The zero-order valence-corrected chi connectivity index (χ0v) is 15.1. The smallest absolute Gasteiger partial charge is 0.321 e. The molecule has 0 aliphatic carbocycles. The van der Waals surface area contributed by atoms with E-state index in [9.17, 15) is 28.9 Å². The van der Waals surface area contributed by atoms with E-state index >= 15 is 0 Å². The van der Waals surface area contributed by atoms with E-state index in [1.165, 1.54) is 24.3 Å². The number of nitro groups is 1. The first-order valence-corrected chi connectivity index (χ1v) is 8.37. The van der Waals surface area contributed by atoms with Gasteiger partial charge in [-0.2, -0.15) is 5.26 Å². The van der Waals surface area contributed by atoms with Gasteiger partial charge in [-0.25, -0.2) is 9.18 Å². The summed E-state index contributed by atoms with van der Waals surface area (Å²) >= 11 is 0. The van der Waals surface area contributed by atoms with E-state index in [4.69, 9.17) is 5.26 Å². The van der Waals surface area contributed by atoms with Crippen LogP contribution in [-0.4, -0.2) is 20.4 Å². The maximum atomic E-state index is 13.9. The van der Waals surface area contributed by atoms with Gasteiger partial charge < -0.3 is 10.3 Å². The normalized spacial score (nSPS) is 10.3. The average molecular weight is 409 g/mol. The van der Waals surface area contributed by atoms with Crippen molar-refractivity contribution in [3.8, 4) is 6.07 Å². The van der Waals surface area contributed by atoms with E-state index in [1.54, 1.807) is 6.07 Å². The van der Waals surface area contributed by atoms with E-state index in [0.717, 1.165) is 24.4 Å². The number of rotatable bonds is 5. The predicted molar refractivity (Wildman–Crippen MR) is 103 cm³/mol. The number of halogens is 1. The van der Waals surface area contributed by atoms with Gasteiger partial charge in [0.2, 0.25) is 0 Å². The molecule has 0 aliphatic heterocycles. The summed E-state index contributed by atoms with van der Waals surface area (Å²) in [6, 6.07) is 10.5. The third-order valence-corrected chi connectivity index (χ3v) is 4.17. The van der Waals surface area contributed by atoms with Gasteiger partial charge in [0.15, 0.2) is 0 Å². The number of nitriles is 1. The van der Waals surface area contributed by atoms with Crippen molar-refractivity contribution in [3.63, 3.8) is 0 Å². The molecule has 1 amide bonds. The Morgan fingerprint density at radius 2 is 2.00 bits per heavy atom. The molecule has 0 saturated carbocycles. The molecule has 30 heavy (non-hydrogen) atoms. The van der Waals surface area contributed by atoms with E-state index in [-0.39, 0.29) is 22.5 Å². The number of amides is 1. The third kappa shape index (κ3) is 3.97. The van der Waals surface area contributed by atoms with Crippen LogP contribution in [-0.2, 0) is 6.54 Å². The molecule has 0 unspecified atom stereocenters. The molecule has 10 nitrogen and oxygen atoms in total. The molecule has 2 N–H and O–H groups in total. The van der Waals surface area contributed by atoms with Gasteiger partial charge in [-0.15, -0.1) is 0 Å². The van der Waals surface area contributed by atoms with Gasteiger partial charge >= 0.3 is 5.69 Å². The first kappa shape index (κ1) is 20.2. The van der Waals surface area contributed by atoms with Gasteiger partial charge in [0, 0.05) is 23.9 Å². The molecular formula is C19H12FN5O5. The standard InChI is InChI=1S/C19H12FN5O5/c20-15-4-2-1-3-11(15)10-24-18(27)14(9-22-19(24)28)17(26)23-16-6-5-13(25(29)30)7-12(16)8-21/h1-7,9H,10H2,(H,22,28)(H,23,26). The quantitative estimate of drug-likeness (QED) is 0.484. The maximum Gasteiger partial charge on any atom is 0.328 e. The molecule has 3 rings (SSSR count). The number of nitrogens with one attached hydrogen (secondary N) is 2. The Hall–Kier alpha value is -4.59. The average Bonchev–Trinajstić information content (AvgIpc) is 2.72. The molecule has 0 bridgehead atoms. The number of nitro benzene ring substituents is 1. The Bertz CT molecular complexity index is 1320. The molecule has 2 aromatic carbocycles. The van der Waals surface area contributed by atoms with Gasteiger partial charge in [-0.05, 0) is 12.1 Å². The summed E-state index contributed by atoms with van der Waals surface area (Å²) in [5, 5.41) is 22.3. The van der Waals surface area contributed by atoms with Crippen molar-refractivity contribution in [1.82, 2.24) is 9.55 Å². The van der Waals surface area contributed by atoms with Crippen LogP contribution in [0.5, 0.6) is 0 Å². The second-order valence-corrected chi connectivity index (χ2v) is 6.04. The summed E-state index contributed by atoms with van der Waals surface area (Å²) in [5.41, 5.74) is -2.79. The topological polar surface area (TPSA) is 151 Å². The lowest BCUT2D eigenvalue weighted by atomic mass is 10.1. The molecule has 0 radical (unpaired) electrons. The minimum Gasteiger partial charge on any atom is -0.321 e. The van der Waals surface area contributed by atoms with Gasteiger partial charge in [0.1, 0.15) is 17.4 Å². The highest BCUT2D eigenvalue weighted by molar-refractivity contribution is 6.04. The number of benzene rings is 2. The number of hydrogen-bond donors (Lipinski definition) is 2. The summed E-state index contributed by atoms with van der Waals surface area (Å²) in [7, 11) is 0. The number of carbonyl (C=O) groups excluding carboxylic acids is 1. The van der Waals surface area contributed by atoms with Crippen LogP contribution in [0.4, 0.5) is 15.8 Å². The van der Waals surface area contributed by atoms with Crippen molar-refractivity contribution in [2.75, 3.05) is 5.32 Å². The predicted octanol–water partition coefficient (Wildman–Crippen LogP) is 1.76. The molecule has 0 atom stereocenters. The number of H-pyrrole nitrogens is 1. The monoisotopic (exact) mass is 409 g/mol. The molecule has 0 fully saturated rings. The summed E-state index contributed by atoms with van der Waals surface area (Å²) in [4.78, 5) is 49.6. The molecule has 0 saturated heterocycles. The minimum absolute atomic E-state index is 0.0562. The number of nitrogens with zero attached hydrogens (tertiary/aromatic N) is 3. The second kappa shape index (κ2) is 8.19. The lowest BCUT2D eigenvalue weighted by Crippen LogP contribution is -2.39. The molecule has 0 aliphatic rings. The summed E-state index contributed by atoms with van der Waals surface area (Å²) in [6.07, 6.45) is 0.898. The van der Waals surface area contributed by atoms with Crippen molar-refractivity contribution in [2.45, 2.75) is 6.54 Å². The first-order chi connectivity index (χ1) is 14.3. The van der Waals surface area contributed by atoms with Gasteiger partial charge in [0.25, 0.3) is 17.2 Å². The molecule has 11 heteroatoms. The second-order valence-electron chi connectivity index (χ2n) is 6.04. The van der Waals surface area contributed by atoms with Crippen LogP contribution in [0.15, 0.2) is 58.3 Å². The van der Waals surface area contributed by atoms with Crippen molar-refractivity contribution in [1.29, 1.82) is 5.26 Å². The first-order valence-electron chi connectivity index (χ1n) is 8.37. The van der Waals surface area contributed by atoms with Crippen molar-refractivity contribution in [3.05, 3.63) is 102 Å². The highest BCUT2D eigenvalue weighted by atomic mass is 19.1. The lowest BCUT2D eigenvalue weighted by Gasteiger charge is -2.09.